The van der Waals surface area contributed by atoms with Crippen molar-refractivity contribution in [3.63, 3.8) is 0 Å². The van der Waals surface area contributed by atoms with E-state index in [-0.39, 0.29) is 5.41 Å². The Bertz CT molecular complexity index is 246. The van der Waals surface area contributed by atoms with Crippen molar-refractivity contribution in [3.05, 3.63) is 0 Å². The lowest BCUT2D eigenvalue weighted by molar-refractivity contribution is 0.0886. The first-order valence-electron chi connectivity index (χ1n) is 4.42. The molecule has 1 saturated heterocycles. The van der Waals surface area contributed by atoms with E-state index >= 15 is 0 Å². The number of hydrogen-bond donors (Lipinski definition) is 1. The minimum Gasteiger partial charge on any atom is -0.465 e. The third-order valence-corrected chi connectivity index (χ3v) is 2.56. The molecule has 72 valence electrons. The van der Waals surface area contributed by atoms with Crippen LogP contribution in [0.4, 0.5) is 4.79 Å². The van der Waals surface area contributed by atoms with E-state index in [0.717, 1.165) is 12.8 Å². The number of amides is 1. The van der Waals surface area contributed by atoms with E-state index in [1.54, 1.807) is 0 Å². The van der Waals surface area contributed by atoms with E-state index < -0.39 is 6.09 Å². The van der Waals surface area contributed by atoms with Crippen molar-refractivity contribution >= 4 is 6.09 Å². The van der Waals surface area contributed by atoms with Gasteiger partial charge < -0.3 is 10.0 Å². The number of rotatable bonds is 1. The molecule has 1 fully saturated rings. The van der Waals surface area contributed by atoms with Crippen LogP contribution in [0, 0.1) is 16.7 Å². The van der Waals surface area contributed by atoms with Crippen molar-refractivity contribution in [1.29, 1.82) is 5.26 Å². The number of carboxylic acid groups (broad SMARTS) is 1. The number of piperidine rings is 1. The Labute approximate surface area is 77.8 Å². The molecule has 0 aromatic heterocycles. The van der Waals surface area contributed by atoms with Gasteiger partial charge in [-0.15, -0.1) is 0 Å². The molecule has 0 unspecified atom stereocenters. The van der Waals surface area contributed by atoms with Crippen molar-refractivity contribution < 1.29 is 9.90 Å². The highest BCUT2D eigenvalue weighted by molar-refractivity contribution is 5.65. The zero-order valence-corrected chi connectivity index (χ0v) is 7.79. The molecule has 4 heteroatoms. The van der Waals surface area contributed by atoms with Crippen molar-refractivity contribution in [1.82, 2.24) is 4.90 Å². The van der Waals surface area contributed by atoms with Crippen molar-refractivity contribution in [3.8, 4) is 6.07 Å². The van der Waals surface area contributed by atoms with Gasteiger partial charge in [0.05, 0.1) is 6.07 Å². The lowest BCUT2D eigenvalue weighted by atomic mass is 9.80. The maximum absolute atomic E-state index is 10.7. The van der Waals surface area contributed by atoms with Gasteiger partial charge in [-0.2, -0.15) is 5.26 Å². The van der Waals surface area contributed by atoms with Crippen LogP contribution in [0.1, 0.15) is 26.2 Å². The van der Waals surface area contributed by atoms with Crippen molar-refractivity contribution in [2.45, 2.75) is 26.2 Å². The van der Waals surface area contributed by atoms with Crippen LogP contribution in [-0.2, 0) is 0 Å². The van der Waals surface area contributed by atoms with Gasteiger partial charge in [0.2, 0.25) is 0 Å². The summed E-state index contributed by atoms with van der Waals surface area (Å²) in [4.78, 5) is 12.1. The third-order valence-electron chi connectivity index (χ3n) is 2.56. The Morgan fingerprint density at radius 2 is 2.46 bits per heavy atom. The molecule has 0 radical (unpaired) electrons. The Hall–Kier alpha value is -1.24. The lowest BCUT2D eigenvalue weighted by Crippen LogP contribution is -2.44. The number of hydrogen-bond acceptors (Lipinski definition) is 2. The molecule has 13 heavy (non-hydrogen) atoms. The van der Waals surface area contributed by atoms with Gasteiger partial charge in [0.1, 0.15) is 0 Å². The van der Waals surface area contributed by atoms with Gasteiger partial charge in [-0.3, -0.25) is 0 Å². The van der Waals surface area contributed by atoms with Gasteiger partial charge in [-0.25, -0.2) is 4.79 Å². The predicted octanol–water partition coefficient (Wildman–Crippen LogP) is 1.68. The van der Waals surface area contributed by atoms with E-state index in [0.29, 0.717) is 19.5 Å². The van der Waals surface area contributed by atoms with E-state index in [1.165, 1.54) is 4.90 Å². The summed E-state index contributed by atoms with van der Waals surface area (Å²) in [6.45, 7) is 3.08. The highest BCUT2D eigenvalue weighted by Gasteiger charge is 2.32. The summed E-state index contributed by atoms with van der Waals surface area (Å²) in [5.41, 5.74) is -0.134. The zero-order valence-electron chi connectivity index (χ0n) is 7.79. The van der Waals surface area contributed by atoms with Gasteiger partial charge >= 0.3 is 6.09 Å². The quantitative estimate of drug-likeness (QED) is 0.671. The van der Waals surface area contributed by atoms with Gasteiger partial charge in [0.25, 0.3) is 0 Å². The fourth-order valence-electron chi connectivity index (χ4n) is 1.81. The van der Waals surface area contributed by atoms with Crippen LogP contribution in [0.2, 0.25) is 0 Å². The SMILES string of the molecule is C[C@@]1(CC#N)CCCN(C(=O)O)C1. The minimum atomic E-state index is -0.871. The van der Waals surface area contributed by atoms with Crippen molar-refractivity contribution in [2.75, 3.05) is 13.1 Å². The summed E-state index contributed by atoms with van der Waals surface area (Å²) >= 11 is 0. The summed E-state index contributed by atoms with van der Waals surface area (Å²) in [7, 11) is 0. The zero-order chi connectivity index (χ0) is 9.90. The van der Waals surface area contributed by atoms with Crippen LogP contribution in [-0.4, -0.2) is 29.2 Å². The topological polar surface area (TPSA) is 64.3 Å². The molecule has 1 amide bonds. The number of likely N-dealkylation sites (tertiary alicyclic amines) is 1. The molecule has 1 aliphatic heterocycles. The fraction of sp³-hybridized carbons (Fsp3) is 0.778. The summed E-state index contributed by atoms with van der Waals surface area (Å²) in [5, 5.41) is 17.4. The second-order valence-corrected chi connectivity index (χ2v) is 3.95. The highest BCUT2D eigenvalue weighted by atomic mass is 16.4. The molecule has 0 aromatic rings. The van der Waals surface area contributed by atoms with Gasteiger partial charge in [0.15, 0.2) is 0 Å². The molecule has 1 atom stereocenters. The molecule has 0 aromatic carbocycles. The lowest BCUT2D eigenvalue weighted by Gasteiger charge is -2.37. The van der Waals surface area contributed by atoms with Gasteiger partial charge in [-0.05, 0) is 18.3 Å². The predicted molar refractivity (Wildman–Crippen MR) is 47.2 cm³/mol. The standard InChI is InChI=1S/C9H14N2O2/c1-9(4-5-10)3-2-6-11(7-9)8(12)13/h2-4,6-7H2,1H3,(H,12,13)/t9-/m0/s1. The summed E-state index contributed by atoms with van der Waals surface area (Å²) in [6.07, 6.45) is 1.38. The van der Waals surface area contributed by atoms with Gasteiger partial charge in [0, 0.05) is 19.5 Å². The maximum Gasteiger partial charge on any atom is 0.407 e. The first-order chi connectivity index (χ1) is 6.07. The van der Waals surface area contributed by atoms with Crippen LogP contribution >= 0.6 is 0 Å². The summed E-state index contributed by atoms with van der Waals surface area (Å²) in [6, 6.07) is 2.12. The molecule has 1 rings (SSSR count). The molecule has 0 spiro atoms. The van der Waals surface area contributed by atoms with E-state index in [9.17, 15) is 4.79 Å². The molecule has 0 saturated carbocycles. The number of nitrogens with zero attached hydrogens (tertiary/aromatic N) is 2. The molecule has 1 aliphatic rings. The van der Waals surface area contributed by atoms with Crippen LogP contribution < -0.4 is 0 Å². The first-order valence-corrected chi connectivity index (χ1v) is 4.42. The maximum atomic E-state index is 10.7. The van der Waals surface area contributed by atoms with Gasteiger partial charge in [-0.1, -0.05) is 6.92 Å². The number of nitriles is 1. The van der Waals surface area contributed by atoms with E-state index in [1.807, 2.05) is 6.92 Å². The smallest absolute Gasteiger partial charge is 0.407 e. The van der Waals surface area contributed by atoms with E-state index in [2.05, 4.69) is 6.07 Å². The molecular formula is C9H14N2O2. The highest BCUT2D eigenvalue weighted by Crippen LogP contribution is 2.32. The molecule has 0 bridgehead atoms. The Kier molecular flexibility index (Phi) is 2.76. The molecule has 0 aliphatic carbocycles. The monoisotopic (exact) mass is 182 g/mol. The second kappa shape index (κ2) is 3.65. The summed E-state index contributed by atoms with van der Waals surface area (Å²) in [5.74, 6) is 0. The largest absolute Gasteiger partial charge is 0.465 e. The average molecular weight is 182 g/mol. The fourth-order valence-corrected chi connectivity index (χ4v) is 1.81. The van der Waals surface area contributed by atoms with E-state index in [4.69, 9.17) is 10.4 Å². The summed E-state index contributed by atoms with van der Waals surface area (Å²) < 4.78 is 0. The Morgan fingerprint density at radius 3 is 3.00 bits per heavy atom. The third kappa shape index (κ3) is 2.35. The minimum absolute atomic E-state index is 0.134. The second-order valence-electron chi connectivity index (χ2n) is 3.95. The molecule has 1 heterocycles. The number of carbonyl (C=O) groups is 1. The Balaban J connectivity index is 2.60. The van der Waals surface area contributed by atoms with Crippen LogP contribution in [0.15, 0.2) is 0 Å². The normalized spacial score (nSPS) is 28.2. The Morgan fingerprint density at radius 1 is 1.77 bits per heavy atom. The average Bonchev–Trinajstić information content (AvgIpc) is 2.04. The van der Waals surface area contributed by atoms with Crippen LogP contribution in [0.25, 0.3) is 0 Å². The molecule has 1 N–H and O–H groups in total. The first kappa shape index (κ1) is 9.85. The van der Waals surface area contributed by atoms with Crippen LogP contribution in [0.5, 0.6) is 0 Å². The van der Waals surface area contributed by atoms with Crippen molar-refractivity contribution in [2.24, 2.45) is 5.41 Å². The van der Waals surface area contributed by atoms with Crippen LogP contribution in [0.3, 0.4) is 0 Å². The molecule has 4 nitrogen and oxygen atoms in total. The molecular weight excluding hydrogens is 168 g/mol.